The summed E-state index contributed by atoms with van der Waals surface area (Å²) in [6, 6.07) is 8.20. The molecular weight excluding hydrogens is 404 g/mol. The topological polar surface area (TPSA) is 92.7 Å². The van der Waals surface area contributed by atoms with E-state index in [1.165, 1.54) is 48.7 Å². The molecule has 0 fully saturated rings. The first kappa shape index (κ1) is 21.9. The molecule has 0 amide bonds. The van der Waals surface area contributed by atoms with E-state index in [0.717, 1.165) is 0 Å². The standard InChI is InChI=1S/C23H24O8/c1-26-16-8-7-12(9-17(16)27-2)19-14(23(25)31-6)10-15(24)13-11-18(28-3)21(29-4)22(30-5)20(13)19/h7-11,24H,1-6H3. The fourth-order valence-electron chi connectivity index (χ4n) is 3.59. The number of phenols is 1. The first-order valence-electron chi connectivity index (χ1n) is 9.24. The minimum atomic E-state index is -0.626. The molecule has 3 aromatic rings. The van der Waals surface area contributed by atoms with Crippen LogP contribution in [0.3, 0.4) is 0 Å². The fraction of sp³-hybridized carbons (Fsp3) is 0.261. The van der Waals surface area contributed by atoms with Gasteiger partial charge < -0.3 is 33.5 Å². The molecule has 3 rings (SSSR count). The molecular formula is C23H24O8. The van der Waals surface area contributed by atoms with Crippen molar-refractivity contribution in [2.45, 2.75) is 0 Å². The number of rotatable bonds is 7. The van der Waals surface area contributed by atoms with Crippen molar-refractivity contribution >= 4 is 16.7 Å². The molecule has 8 nitrogen and oxygen atoms in total. The molecule has 0 unspecified atom stereocenters. The molecule has 0 bridgehead atoms. The second kappa shape index (κ2) is 8.91. The Balaban J connectivity index is 2.56. The third-order valence-electron chi connectivity index (χ3n) is 4.98. The number of carbonyl (C=O) groups is 1. The van der Waals surface area contributed by atoms with Crippen molar-refractivity contribution < 1.29 is 38.3 Å². The van der Waals surface area contributed by atoms with Crippen LogP contribution in [0.2, 0.25) is 0 Å². The van der Waals surface area contributed by atoms with Crippen LogP contribution in [0.5, 0.6) is 34.5 Å². The number of carbonyl (C=O) groups excluding carboxylic acids is 1. The molecule has 31 heavy (non-hydrogen) atoms. The average molecular weight is 428 g/mol. The highest BCUT2D eigenvalue weighted by molar-refractivity contribution is 6.14. The lowest BCUT2D eigenvalue weighted by atomic mass is 9.91. The fourth-order valence-corrected chi connectivity index (χ4v) is 3.59. The van der Waals surface area contributed by atoms with E-state index in [2.05, 4.69) is 0 Å². The highest BCUT2D eigenvalue weighted by Gasteiger charge is 2.27. The molecule has 3 aromatic carbocycles. The van der Waals surface area contributed by atoms with Crippen LogP contribution in [0, 0.1) is 0 Å². The van der Waals surface area contributed by atoms with Gasteiger partial charge in [0.1, 0.15) is 5.75 Å². The van der Waals surface area contributed by atoms with Crippen molar-refractivity contribution in [2.75, 3.05) is 42.7 Å². The number of esters is 1. The summed E-state index contributed by atoms with van der Waals surface area (Å²) in [5.41, 5.74) is 1.23. The van der Waals surface area contributed by atoms with E-state index in [9.17, 15) is 9.90 Å². The number of ether oxygens (including phenoxy) is 6. The molecule has 0 spiro atoms. The number of aromatic hydroxyl groups is 1. The molecule has 0 aliphatic rings. The van der Waals surface area contributed by atoms with Crippen molar-refractivity contribution in [3.63, 3.8) is 0 Å². The molecule has 0 saturated carbocycles. The first-order chi connectivity index (χ1) is 14.9. The predicted molar refractivity (Wildman–Crippen MR) is 115 cm³/mol. The van der Waals surface area contributed by atoms with Gasteiger partial charge in [0.2, 0.25) is 5.75 Å². The normalized spacial score (nSPS) is 10.5. The van der Waals surface area contributed by atoms with Gasteiger partial charge in [0.15, 0.2) is 23.0 Å². The van der Waals surface area contributed by atoms with Crippen LogP contribution >= 0.6 is 0 Å². The lowest BCUT2D eigenvalue weighted by Gasteiger charge is -2.20. The Hall–Kier alpha value is -3.81. The zero-order valence-corrected chi connectivity index (χ0v) is 18.2. The monoisotopic (exact) mass is 428 g/mol. The minimum absolute atomic E-state index is 0.140. The summed E-state index contributed by atoms with van der Waals surface area (Å²) in [6.07, 6.45) is 0. The number of fused-ring (bicyclic) bond motifs is 1. The Morgan fingerprint density at radius 2 is 1.39 bits per heavy atom. The van der Waals surface area contributed by atoms with Gasteiger partial charge in [-0.15, -0.1) is 0 Å². The van der Waals surface area contributed by atoms with Gasteiger partial charge in [-0.2, -0.15) is 0 Å². The van der Waals surface area contributed by atoms with Crippen molar-refractivity contribution in [2.24, 2.45) is 0 Å². The molecule has 0 radical (unpaired) electrons. The SMILES string of the molecule is COC(=O)c1cc(O)c2cc(OC)c(OC)c(OC)c2c1-c1ccc(OC)c(OC)c1. The summed E-state index contributed by atoms with van der Waals surface area (Å²) in [5, 5.41) is 11.6. The molecule has 0 atom stereocenters. The summed E-state index contributed by atoms with van der Waals surface area (Å²) in [6.45, 7) is 0. The van der Waals surface area contributed by atoms with Gasteiger partial charge in [-0.3, -0.25) is 0 Å². The summed E-state index contributed by atoms with van der Waals surface area (Å²) in [4.78, 5) is 12.7. The number of methoxy groups -OCH3 is 6. The molecule has 0 saturated heterocycles. The van der Waals surface area contributed by atoms with Crippen LogP contribution in [-0.2, 0) is 4.74 Å². The number of benzene rings is 3. The summed E-state index contributed by atoms with van der Waals surface area (Å²) in [5.74, 6) is 1.21. The summed E-state index contributed by atoms with van der Waals surface area (Å²) in [7, 11) is 8.76. The van der Waals surface area contributed by atoms with Crippen molar-refractivity contribution in [1.82, 2.24) is 0 Å². The number of hydrogen-bond acceptors (Lipinski definition) is 8. The zero-order valence-electron chi connectivity index (χ0n) is 18.2. The Bertz CT molecular complexity index is 1140. The van der Waals surface area contributed by atoms with Gasteiger partial charge in [-0.1, -0.05) is 6.07 Å². The Labute approximate surface area is 179 Å². The third kappa shape index (κ3) is 3.61. The second-order valence-corrected chi connectivity index (χ2v) is 6.45. The second-order valence-electron chi connectivity index (χ2n) is 6.45. The molecule has 0 heterocycles. The average Bonchev–Trinajstić information content (AvgIpc) is 2.81. The highest BCUT2D eigenvalue weighted by Crippen LogP contribution is 2.51. The molecule has 164 valence electrons. The number of hydrogen-bond donors (Lipinski definition) is 1. The molecule has 0 aliphatic carbocycles. The summed E-state index contributed by atoms with van der Waals surface area (Å²) >= 11 is 0. The molecule has 0 aromatic heterocycles. The third-order valence-corrected chi connectivity index (χ3v) is 4.98. The number of phenolic OH excluding ortho intramolecular Hbond substituents is 1. The van der Waals surface area contributed by atoms with Crippen LogP contribution < -0.4 is 23.7 Å². The molecule has 1 N–H and O–H groups in total. The van der Waals surface area contributed by atoms with Gasteiger partial charge in [-0.25, -0.2) is 4.79 Å². The van der Waals surface area contributed by atoms with Crippen LogP contribution in [0.4, 0.5) is 0 Å². The van der Waals surface area contributed by atoms with Crippen molar-refractivity contribution in [3.8, 4) is 45.6 Å². The van der Waals surface area contributed by atoms with E-state index < -0.39 is 5.97 Å². The van der Waals surface area contributed by atoms with Crippen LogP contribution in [0.25, 0.3) is 21.9 Å². The van der Waals surface area contributed by atoms with Gasteiger partial charge in [0.25, 0.3) is 0 Å². The van der Waals surface area contributed by atoms with Crippen LogP contribution in [0.15, 0.2) is 30.3 Å². The zero-order chi connectivity index (χ0) is 22.7. The lowest BCUT2D eigenvalue weighted by Crippen LogP contribution is -2.06. The van der Waals surface area contributed by atoms with Crippen molar-refractivity contribution in [3.05, 3.63) is 35.9 Å². The van der Waals surface area contributed by atoms with E-state index in [4.69, 9.17) is 28.4 Å². The van der Waals surface area contributed by atoms with Gasteiger partial charge in [0.05, 0.1) is 48.2 Å². The minimum Gasteiger partial charge on any atom is -0.507 e. The summed E-state index contributed by atoms with van der Waals surface area (Å²) < 4.78 is 32.3. The van der Waals surface area contributed by atoms with E-state index >= 15 is 0 Å². The van der Waals surface area contributed by atoms with E-state index in [-0.39, 0.29) is 11.3 Å². The van der Waals surface area contributed by atoms with Gasteiger partial charge >= 0.3 is 5.97 Å². The van der Waals surface area contributed by atoms with Gasteiger partial charge in [-0.05, 0) is 29.8 Å². The predicted octanol–water partition coefficient (Wildman–Crippen LogP) is 4.04. The molecule has 8 heteroatoms. The largest absolute Gasteiger partial charge is 0.507 e. The van der Waals surface area contributed by atoms with E-state index in [1.54, 1.807) is 24.3 Å². The lowest BCUT2D eigenvalue weighted by molar-refractivity contribution is 0.0601. The maximum atomic E-state index is 12.7. The Kier molecular flexibility index (Phi) is 6.29. The first-order valence-corrected chi connectivity index (χ1v) is 9.24. The maximum Gasteiger partial charge on any atom is 0.338 e. The molecule has 0 aliphatic heterocycles. The van der Waals surface area contributed by atoms with Crippen molar-refractivity contribution in [1.29, 1.82) is 0 Å². The van der Waals surface area contributed by atoms with Crippen LogP contribution in [-0.4, -0.2) is 53.7 Å². The van der Waals surface area contributed by atoms with E-state index in [0.29, 0.717) is 50.6 Å². The quantitative estimate of drug-likeness (QED) is 0.564. The smallest absolute Gasteiger partial charge is 0.338 e. The Morgan fingerprint density at radius 3 is 1.94 bits per heavy atom. The van der Waals surface area contributed by atoms with Crippen LogP contribution in [0.1, 0.15) is 10.4 Å². The Morgan fingerprint density at radius 1 is 0.742 bits per heavy atom. The highest BCUT2D eigenvalue weighted by atomic mass is 16.5. The van der Waals surface area contributed by atoms with Gasteiger partial charge in [0, 0.05) is 16.3 Å². The van der Waals surface area contributed by atoms with E-state index in [1.807, 2.05) is 0 Å². The maximum absolute atomic E-state index is 12.7.